The standard InChI is InChI=1S/C23H22ClF2NO4S/c1-14-2-7-19(25)22-21(14)23(32(26,28)17-5-3-15(24)4-6-17)9-11-29-20(18(23)13-30-22)12-16-8-10-31-27-16/h2-8,10,18,20,32H,9,11-13H2,1H3/t18-,20-,23-/m0/s1. The van der Waals surface area contributed by atoms with Crippen molar-refractivity contribution < 1.29 is 26.5 Å². The summed E-state index contributed by atoms with van der Waals surface area (Å²) in [5.74, 6) is -1.26. The first kappa shape index (κ1) is 21.6. The quantitative estimate of drug-likeness (QED) is 0.421. The lowest BCUT2D eigenvalue weighted by Gasteiger charge is -2.54. The van der Waals surface area contributed by atoms with Crippen LogP contribution in [0.15, 0.2) is 58.1 Å². The van der Waals surface area contributed by atoms with Crippen molar-refractivity contribution in [1.29, 1.82) is 0 Å². The highest BCUT2D eigenvalue weighted by Gasteiger charge is 2.60. The number of thiol groups is 1. The van der Waals surface area contributed by atoms with Crippen LogP contribution in [-0.2, 0) is 26.2 Å². The highest BCUT2D eigenvalue weighted by atomic mass is 35.5. The van der Waals surface area contributed by atoms with Crippen LogP contribution in [0, 0.1) is 18.7 Å². The molecule has 0 spiro atoms. The molecule has 3 aromatic rings. The second-order valence-electron chi connectivity index (χ2n) is 8.27. The van der Waals surface area contributed by atoms with Crippen LogP contribution in [0.3, 0.4) is 0 Å². The van der Waals surface area contributed by atoms with Crippen molar-refractivity contribution in [2.75, 3.05) is 13.2 Å². The molecule has 2 aliphatic heterocycles. The summed E-state index contributed by atoms with van der Waals surface area (Å²) in [6.07, 6.45) is 1.37. The van der Waals surface area contributed by atoms with Crippen LogP contribution in [0.1, 0.15) is 23.2 Å². The summed E-state index contributed by atoms with van der Waals surface area (Å²) >= 11 is 6.00. The minimum absolute atomic E-state index is 0.0304. The van der Waals surface area contributed by atoms with Gasteiger partial charge in [-0.15, -0.1) is 0 Å². The number of halogens is 3. The van der Waals surface area contributed by atoms with Crippen LogP contribution >= 0.6 is 11.6 Å². The van der Waals surface area contributed by atoms with Crippen LogP contribution in [0.25, 0.3) is 0 Å². The Morgan fingerprint density at radius 3 is 2.72 bits per heavy atom. The Bertz CT molecular complexity index is 1190. The molecular weight excluding hydrogens is 460 g/mol. The smallest absolute Gasteiger partial charge is 0.165 e. The maximum absolute atomic E-state index is 16.9. The zero-order valence-corrected chi connectivity index (χ0v) is 18.9. The molecule has 0 N–H and O–H groups in total. The van der Waals surface area contributed by atoms with Gasteiger partial charge in [-0.05, 0) is 49.2 Å². The first-order valence-corrected chi connectivity index (χ1v) is 12.3. The normalized spacial score (nSPS) is 25.5. The summed E-state index contributed by atoms with van der Waals surface area (Å²) < 4.78 is 61.2. The second-order valence-corrected chi connectivity index (χ2v) is 11.1. The summed E-state index contributed by atoms with van der Waals surface area (Å²) in [6.45, 7) is 1.89. The topological polar surface area (TPSA) is 61.6 Å². The molecule has 1 aromatic heterocycles. The van der Waals surface area contributed by atoms with Crippen LogP contribution in [0.2, 0.25) is 5.02 Å². The molecule has 3 atom stereocenters. The van der Waals surface area contributed by atoms with Crippen molar-refractivity contribution in [3.05, 3.63) is 76.4 Å². The van der Waals surface area contributed by atoms with Gasteiger partial charge in [-0.1, -0.05) is 22.8 Å². The molecule has 0 bridgehead atoms. The van der Waals surface area contributed by atoms with Crippen LogP contribution in [0.5, 0.6) is 5.75 Å². The number of fused-ring (bicyclic) bond motifs is 3. The molecular formula is C23H22ClF2NO4S. The Hall–Kier alpha value is -2.29. The van der Waals surface area contributed by atoms with E-state index in [9.17, 15) is 8.60 Å². The van der Waals surface area contributed by atoms with E-state index in [0.29, 0.717) is 28.3 Å². The Kier molecular flexibility index (Phi) is 5.34. The number of ether oxygens (including phenoxy) is 2. The molecule has 9 heteroatoms. The largest absolute Gasteiger partial charge is 0.490 e. The average Bonchev–Trinajstić information content (AvgIpc) is 3.29. The molecule has 0 radical (unpaired) electrons. The third-order valence-electron chi connectivity index (χ3n) is 6.61. The molecule has 3 heterocycles. The van der Waals surface area contributed by atoms with E-state index in [4.69, 9.17) is 25.6 Å². The number of benzene rings is 2. The molecule has 32 heavy (non-hydrogen) atoms. The summed E-state index contributed by atoms with van der Waals surface area (Å²) in [5, 5.41) is 4.35. The van der Waals surface area contributed by atoms with E-state index in [2.05, 4.69) is 5.16 Å². The van der Waals surface area contributed by atoms with E-state index in [1.807, 2.05) is 0 Å². The predicted molar refractivity (Wildman–Crippen MR) is 117 cm³/mol. The lowest BCUT2D eigenvalue weighted by Crippen LogP contribution is -2.59. The van der Waals surface area contributed by atoms with Gasteiger partial charge in [0.05, 0.1) is 33.5 Å². The van der Waals surface area contributed by atoms with E-state index in [1.165, 1.54) is 36.6 Å². The Morgan fingerprint density at radius 2 is 2.00 bits per heavy atom. The minimum atomic E-state index is -4.63. The van der Waals surface area contributed by atoms with Crippen molar-refractivity contribution in [2.45, 2.75) is 35.5 Å². The first-order valence-electron chi connectivity index (χ1n) is 10.3. The van der Waals surface area contributed by atoms with E-state index < -0.39 is 32.9 Å². The fraction of sp³-hybridized carbons (Fsp3) is 0.348. The Labute approximate surface area is 190 Å². The molecule has 0 saturated carbocycles. The number of rotatable bonds is 4. The van der Waals surface area contributed by atoms with Crippen LogP contribution in [0.4, 0.5) is 8.28 Å². The highest BCUT2D eigenvalue weighted by molar-refractivity contribution is 7.99. The van der Waals surface area contributed by atoms with Crippen molar-refractivity contribution in [1.82, 2.24) is 5.16 Å². The van der Waals surface area contributed by atoms with Gasteiger partial charge in [0.25, 0.3) is 0 Å². The third-order valence-corrected chi connectivity index (χ3v) is 9.63. The van der Waals surface area contributed by atoms with Crippen molar-refractivity contribution in [3.8, 4) is 5.75 Å². The van der Waals surface area contributed by atoms with Crippen molar-refractivity contribution in [2.24, 2.45) is 5.92 Å². The van der Waals surface area contributed by atoms with Crippen molar-refractivity contribution in [3.63, 3.8) is 0 Å². The van der Waals surface area contributed by atoms with E-state index >= 15 is 3.89 Å². The summed E-state index contributed by atoms with van der Waals surface area (Å²) in [6, 6.07) is 10.5. The molecule has 5 nitrogen and oxygen atoms in total. The monoisotopic (exact) mass is 481 g/mol. The molecule has 2 aromatic carbocycles. The maximum atomic E-state index is 16.9. The Morgan fingerprint density at radius 1 is 1.22 bits per heavy atom. The molecule has 0 unspecified atom stereocenters. The van der Waals surface area contributed by atoms with Gasteiger partial charge in [-0.25, -0.2) is 4.39 Å². The van der Waals surface area contributed by atoms with Crippen molar-refractivity contribution >= 4 is 21.9 Å². The van der Waals surface area contributed by atoms with E-state index in [0.717, 1.165) is 0 Å². The SMILES string of the molecule is Cc1ccc(F)c2c1[C@]1([SH](=O)(F)c3ccc(Cl)cc3)CCO[C@@H](Cc3ccon3)[C@@H]1CO2. The minimum Gasteiger partial charge on any atom is -0.490 e. The summed E-state index contributed by atoms with van der Waals surface area (Å²) in [4.78, 5) is 0.0468. The molecule has 1 saturated heterocycles. The fourth-order valence-corrected chi connectivity index (χ4v) is 7.88. The number of hydrogen-bond acceptors (Lipinski definition) is 5. The predicted octanol–water partition coefficient (Wildman–Crippen LogP) is 4.97. The molecule has 0 aliphatic carbocycles. The van der Waals surface area contributed by atoms with Crippen LogP contribution in [-0.4, -0.2) is 28.7 Å². The van der Waals surface area contributed by atoms with Crippen LogP contribution < -0.4 is 4.74 Å². The summed E-state index contributed by atoms with van der Waals surface area (Å²) in [7, 11) is -4.63. The number of aryl methyl sites for hydroxylation is 1. The van der Waals surface area contributed by atoms with Gasteiger partial charge in [0.15, 0.2) is 11.6 Å². The summed E-state index contributed by atoms with van der Waals surface area (Å²) in [5.41, 5.74) is 1.58. The lowest BCUT2D eigenvalue weighted by molar-refractivity contribution is -0.0721. The van der Waals surface area contributed by atoms with Gasteiger partial charge >= 0.3 is 0 Å². The molecule has 5 rings (SSSR count). The molecule has 2 aliphatic rings. The average molecular weight is 482 g/mol. The van der Waals surface area contributed by atoms with Gasteiger partial charge < -0.3 is 14.0 Å². The molecule has 0 amide bonds. The second kappa shape index (κ2) is 7.93. The number of aromatic nitrogens is 1. The lowest BCUT2D eigenvalue weighted by atomic mass is 9.74. The van der Waals surface area contributed by atoms with Gasteiger partial charge in [-0.2, -0.15) is 3.89 Å². The number of nitrogens with zero attached hydrogens (tertiary/aromatic N) is 1. The van der Waals surface area contributed by atoms with Gasteiger partial charge in [0.2, 0.25) is 0 Å². The molecule has 170 valence electrons. The fourth-order valence-electron chi connectivity index (χ4n) is 5.15. The Balaban J connectivity index is 1.73. The van der Waals surface area contributed by atoms with Gasteiger partial charge in [0, 0.05) is 40.5 Å². The molecule has 1 fully saturated rings. The van der Waals surface area contributed by atoms with E-state index in [1.54, 1.807) is 19.1 Å². The van der Waals surface area contributed by atoms with Gasteiger partial charge in [0.1, 0.15) is 6.26 Å². The zero-order valence-electron chi connectivity index (χ0n) is 17.3. The third kappa shape index (κ3) is 3.19. The van der Waals surface area contributed by atoms with Gasteiger partial charge in [-0.3, -0.25) is 4.21 Å². The maximum Gasteiger partial charge on any atom is 0.165 e. The zero-order chi connectivity index (χ0) is 22.5. The first-order chi connectivity index (χ1) is 15.3. The number of hydrogen-bond donors (Lipinski definition) is 1. The van der Waals surface area contributed by atoms with E-state index in [-0.39, 0.29) is 30.3 Å². The highest BCUT2D eigenvalue weighted by Crippen LogP contribution is 2.59.